The van der Waals surface area contributed by atoms with Crippen molar-refractivity contribution in [2.45, 2.75) is 24.2 Å². The molecule has 0 aliphatic carbocycles. The molecule has 0 bridgehead atoms. The van der Waals surface area contributed by atoms with Crippen LogP contribution in [-0.4, -0.2) is 16.2 Å². The van der Waals surface area contributed by atoms with E-state index in [2.05, 4.69) is 35.3 Å². The Morgan fingerprint density at radius 2 is 2.18 bits per heavy atom. The SMILES string of the molecule is CSc1cncc(CC(C)c2ccccn2)c1. The van der Waals surface area contributed by atoms with Crippen LogP contribution in [0.15, 0.2) is 47.8 Å². The molecule has 88 valence electrons. The van der Waals surface area contributed by atoms with E-state index < -0.39 is 0 Å². The van der Waals surface area contributed by atoms with Gasteiger partial charge in [-0.1, -0.05) is 13.0 Å². The van der Waals surface area contributed by atoms with Crippen molar-refractivity contribution < 1.29 is 0 Å². The third kappa shape index (κ3) is 3.30. The predicted octanol–water partition coefficient (Wildman–Crippen LogP) is 3.54. The molecule has 2 aromatic rings. The molecule has 0 saturated heterocycles. The molecule has 1 unspecified atom stereocenters. The summed E-state index contributed by atoms with van der Waals surface area (Å²) in [7, 11) is 0. The lowest BCUT2D eigenvalue weighted by atomic mass is 9.99. The first-order chi connectivity index (χ1) is 8.29. The highest BCUT2D eigenvalue weighted by molar-refractivity contribution is 7.98. The van der Waals surface area contributed by atoms with Crippen molar-refractivity contribution in [1.82, 2.24) is 9.97 Å². The van der Waals surface area contributed by atoms with Crippen LogP contribution in [0.4, 0.5) is 0 Å². The van der Waals surface area contributed by atoms with E-state index in [0.717, 1.165) is 12.1 Å². The van der Waals surface area contributed by atoms with Gasteiger partial charge >= 0.3 is 0 Å². The smallest absolute Gasteiger partial charge is 0.0435 e. The van der Waals surface area contributed by atoms with Crippen molar-refractivity contribution in [2.24, 2.45) is 0 Å². The second kappa shape index (κ2) is 5.82. The van der Waals surface area contributed by atoms with E-state index in [0.29, 0.717) is 5.92 Å². The molecule has 0 fully saturated rings. The highest BCUT2D eigenvalue weighted by Crippen LogP contribution is 2.20. The predicted molar refractivity (Wildman–Crippen MR) is 72.4 cm³/mol. The average Bonchev–Trinajstić information content (AvgIpc) is 2.40. The van der Waals surface area contributed by atoms with Crippen LogP contribution in [0.2, 0.25) is 0 Å². The minimum absolute atomic E-state index is 0.426. The van der Waals surface area contributed by atoms with Gasteiger partial charge in [-0.15, -0.1) is 11.8 Å². The van der Waals surface area contributed by atoms with Gasteiger partial charge < -0.3 is 0 Å². The zero-order valence-electron chi connectivity index (χ0n) is 10.1. The van der Waals surface area contributed by atoms with Crippen molar-refractivity contribution >= 4 is 11.8 Å². The Morgan fingerprint density at radius 1 is 1.29 bits per heavy atom. The van der Waals surface area contributed by atoms with E-state index in [1.807, 2.05) is 30.7 Å². The normalized spacial score (nSPS) is 12.4. The van der Waals surface area contributed by atoms with Gasteiger partial charge in [0.25, 0.3) is 0 Å². The molecule has 2 rings (SSSR count). The zero-order chi connectivity index (χ0) is 12.1. The Morgan fingerprint density at radius 3 is 2.88 bits per heavy atom. The summed E-state index contributed by atoms with van der Waals surface area (Å²) in [5, 5.41) is 0. The van der Waals surface area contributed by atoms with Gasteiger partial charge in [-0.2, -0.15) is 0 Å². The third-order valence-electron chi connectivity index (χ3n) is 2.74. The molecule has 17 heavy (non-hydrogen) atoms. The second-order valence-corrected chi connectivity index (χ2v) is 4.97. The molecule has 2 nitrogen and oxygen atoms in total. The number of hydrogen-bond donors (Lipinski definition) is 0. The zero-order valence-corrected chi connectivity index (χ0v) is 10.9. The lowest BCUT2D eigenvalue weighted by molar-refractivity contribution is 0.727. The van der Waals surface area contributed by atoms with Crippen molar-refractivity contribution in [2.75, 3.05) is 6.26 Å². The minimum Gasteiger partial charge on any atom is -0.263 e. The fourth-order valence-corrected chi connectivity index (χ4v) is 2.25. The molecule has 3 heteroatoms. The molecule has 1 atom stereocenters. The van der Waals surface area contributed by atoms with Crippen LogP contribution in [0.1, 0.15) is 24.1 Å². The van der Waals surface area contributed by atoms with E-state index in [-0.39, 0.29) is 0 Å². The van der Waals surface area contributed by atoms with E-state index >= 15 is 0 Å². The first-order valence-corrected chi connectivity index (χ1v) is 6.91. The molecular formula is C14H16N2S. The number of pyridine rings is 2. The van der Waals surface area contributed by atoms with Gasteiger partial charge in [0.15, 0.2) is 0 Å². The fourth-order valence-electron chi connectivity index (χ4n) is 1.81. The molecule has 0 aromatic carbocycles. The number of thioether (sulfide) groups is 1. The Labute approximate surface area is 107 Å². The van der Waals surface area contributed by atoms with Crippen LogP contribution >= 0.6 is 11.8 Å². The lowest BCUT2D eigenvalue weighted by Crippen LogP contribution is -2.01. The quantitative estimate of drug-likeness (QED) is 0.769. The summed E-state index contributed by atoms with van der Waals surface area (Å²) in [6.07, 6.45) is 8.75. The van der Waals surface area contributed by atoms with Crippen LogP contribution < -0.4 is 0 Å². The molecule has 0 amide bonds. The highest BCUT2D eigenvalue weighted by Gasteiger charge is 2.08. The van der Waals surface area contributed by atoms with Crippen LogP contribution in [0.25, 0.3) is 0 Å². The molecule has 0 N–H and O–H groups in total. The lowest BCUT2D eigenvalue weighted by Gasteiger charge is -2.10. The maximum Gasteiger partial charge on any atom is 0.0435 e. The van der Waals surface area contributed by atoms with Crippen LogP contribution in [0.3, 0.4) is 0 Å². The summed E-state index contributed by atoms with van der Waals surface area (Å²) in [5.74, 6) is 0.426. The van der Waals surface area contributed by atoms with Gasteiger partial charge in [0.05, 0.1) is 0 Å². The monoisotopic (exact) mass is 244 g/mol. The maximum atomic E-state index is 4.39. The molecule has 0 aliphatic rings. The standard InChI is InChI=1S/C14H16N2S/c1-11(14-5-3-4-6-16-14)7-12-8-13(17-2)10-15-9-12/h3-6,8-11H,7H2,1-2H3. The first-order valence-electron chi connectivity index (χ1n) is 5.68. The van der Waals surface area contributed by atoms with Crippen molar-refractivity contribution in [3.8, 4) is 0 Å². The summed E-state index contributed by atoms with van der Waals surface area (Å²) in [5.41, 5.74) is 2.41. The first kappa shape index (κ1) is 12.1. The van der Waals surface area contributed by atoms with E-state index in [1.54, 1.807) is 11.8 Å². The molecule has 0 spiro atoms. The van der Waals surface area contributed by atoms with Crippen LogP contribution in [0.5, 0.6) is 0 Å². The number of nitrogens with zero attached hydrogens (tertiary/aromatic N) is 2. The number of rotatable bonds is 4. The van der Waals surface area contributed by atoms with E-state index in [1.165, 1.54) is 10.5 Å². The van der Waals surface area contributed by atoms with E-state index in [9.17, 15) is 0 Å². The van der Waals surface area contributed by atoms with Gasteiger partial charge in [0, 0.05) is 35.1 Å². The van der Waals surface area contributed by atoms with Crippen molar-refractivity contribution in [1.29, 1.82) is 0 Å². The maximum absolute atomic E-state index is 4.39. The van der Waals surface area contributed by atoms with E-state index in [4.69, 9.17) is 0 Å². The largest absolute Gasteiger partial charge is 0.263 e. The van der Waals surface area contributed by atoms with Crippen molar-refractivity contribution in [3.05, 3.63) is 54.1 Å². The Bertz CT molecular complexity index is 471. The average molecular weight is 244 g/mol. The Balaban J connectivity index is 2.10. The summed E-state index contributed by atoms with van der Waals surface area (Å²) in [6.45, 7) is 2.20. The summed E-state index contributed by atoms with van der Waals surface area (Å²) in [4.78, 5) is 9.87. The second-order valence-electron chi connectivity index (χ2n) is 4.09. The summed E-state index contributed by atoms with van der Waals surface area (Å²) < 4.78 is 0. The molecule has 0 aliphatic heterocycles. The van der Waals surface area contributed by atoms with Gasteiger partial charge in [-0.25, -0.2) is 0 Å². The van der Waals surface area contributed by atoms with Gasteiger partial charge in [-0.05, 0) is 36.4 Å². The molecule has 0 radical (unpaired) electrons. The fraction of sp³-hybridized carbons (Fsp3) is 0.286. The minimum atomic E-state index is 0.426. The van der Waals surface area contributed by atoms with Gasteiger partial charge in [0.2, 0.25) is 0 Å². The van der Waals surface area contributed by atoms with Gasteiger partial charge in [0.1, 0.15) is 0 Å². The Kier molecular flexibility index (Phi) is 4.15. The molecule has 0 saturated carbocycles. The number of aromatic nitrogens is 2. The molecular weight excluding hydrogens is 228 g/mol. The summed E-state index contributed by atoms with van der Waals surface area (Å²) >= 11 is 1.73. The third-order valence-corrected chi connectivity index (χ3v) is 3.43. The molecule has 2 aromatic heterocycles. The Hall–Kier alpha value is -1.35. The molecule has 2 heterocycles. The van der Waals surface area contributed by atoms with Crippen LogP contribution in [-0.2, 0) is 6.42 Å². The van der Waals surface area contributed by atoms with Crippen molar-refractivity contribution in [3.63, 3.8) is 0 Å². The van der Waals surface area contributed by atoms with Gasteiger partial charge in [-0.3, -0.25) is 9.97 Å². The topological polar surface area (TPSA) is 25.8 Å². The number of hydrogen-bond acceptors (Lipinski definition) is 3. The van der Waals surface area contributed by atoms with Crippen LogP contribution in [0, 0.1) is 0 Å². The summed E-state index contributed by atoms with van der Waals surface area (Å²) in [6, 6.07) is 8.27. The highest BCUT2D eigenvalue weighted by atomic mass is 32.2.